The van der Waals surface area contributed by atoms with Gasteiger partial charge in [-0.15, -0.1) is 21.8 Å². The van der Waals surface area contributed by atoms with E-state index >= 15 is 0 Å². The molecule has 0 saturated heterocycles. The molecular weight excluding hydrogens is 273 g/mol. The summed E-state index contributed by atoms with van der Waals surface area (Å²) in [6.45, 7) is 2.45. The van der Waals surface area contributed by atoms with E-state index in [1.54, 1.807) is 6.33 Å². The van der Waals surface area contributed by atoms with Gasteiger partial charge in [0.1, 0.15) is 12.1 Å². The van der Waals surface area contributed by atoms with E-state index in [4.69, 9.17) is 23.2 Å². The molecule has 0 saturated carbocycles. The van der Waals surface area contributed by atoms with Gasteiger partial charge in [0.25, 0.3) is 0 Å². The quantitative estimate of drug-likeness (QED) is 0.792. The van der Waals surface area contributed by atoms with Gasteiger partial charge >= 0.3 is 0 Å². The molecular formula is C11H11Cl2N5. The number of fused-ring (bicyclic) bond motifs is 1. The summed E-state index contributed by atoms with van der Waals surface area (Å²) in [6.07, 6.45) is 1.76. The lowest BCUT2D eigenvalue weighted by Crippen LogP contribution is -2.34. The third-order valence-corrected chi connectivity index (χ3v) is 3.59. The summed E-state index contributed by atoms with van der Waals surface area (Å²) < 4.78 is 2.05. The van der Waals surface area contributed by atoms with Crippen LogP contribution in [0.1, 0.15) is 11.5 Å². The maximum absolute atomic E-state index is 6.01. The summed E-state index contributed by atoms with van der Waals surface area (Å²) in [7, 11) is 0. The largest absolute Gasteiger partial charge is 0.347 e. The topological polar surface area (TPSA) is 46.8 Å². The molecule has 3 rings (SSSR count). The smallest absolute Gasteiger partial charge is 0.152 e. The number of halogens is 2. The monoisotopic (exact) mass is 283 g/mol. The second kappa shape index (κ2) is 4.74. The van der Waals surface area contributed by atoms with E-state index in [-0.39, 0.29) is 0 Å². The van der Waals surface area contributed by atoms with Crippen molar-refractivity contribution in [3.05, 3.63) is 35.0 Å². The minimum absolute atomic E-state index is 0.316. The van der Waals surface area contributed by atoms with Crippen LogP contribution in [0.5, 0.6) is 0 Å². The number of rotatable bonds is 2. The van der Waals surface area contributed by atoms with Crippen molar-refractivity contribution in [2.45, 2.75) is 19.0 Å². The summed E-state index contributed by atoms with van der Waals surface area (Å²) in [5.41, 5.74) is 0.711. The highest BCUT2D eigenvalue weighted by Crippen LogP contribution is 2.23. The van der Waals surface area contributed by atoms with Gasteiger partial charge in [0.05, 0.1) is 23.1 Å². The first-order chi connectivity index (χ1) is 8.78. The molecule has 0 aromatic carbocycles. The van der Waals surface area contributed by atoms with E-state index in [0.717, 1.165) is 24.7 Å². The molecule has 0 N–H and O–H groups in total. The Morgan fingerprint density at radius 2 is 2.17 bits per heavy atom. The highest BCUT2D eigenvalue weighted by atomic mass is 35.5. The Bertz CT molecular complexity index is 568. The number of alkyl halides is 1. The lowest BCUT2D eigenvalue weighted by atomic mass is 10.3. The average Bonchev–Trinajstić information content (AvgIpc) is 2.86. The first kappa shape index (κ1) is 11.7. The second-order valence-electron chi connectivity index (χ2n) is 4.09. The number of nitrogens with zero attached hydrogens (tertiary/aromatic N) is 5. The average molecular weight is 284 g/mol. The molecule has 1 aliphatic heterocycles. The van der Waals surface area contributed by atoms with E-state index in [9.17, 15) is 0 Å². The zero-order valence-corrected chi connectivity index (χ0v) is 11.1. The predicted molar refractivity (Wildman–Crippen MR) is 69.9 cm³/mol. The molecule has 2 aromatic heterocycles. The standard InChI is InChI=1S/C11H11Cl2N5/c12-5-9-8(13)1-2-10(15-9)17-3-4-18-7-14-16-11(18)6-17/h1-2,7H,3-6H2. The normalized spacial score (nSPS) is 14.7. The molecule has 0 amide bonds. The van der Waals surface area contributed by atoms with Crippen molar-refractivity contribution in [2.24, 2.45) is 0 Å². The van der Waals surface area contributed by atoms with Gasteiger partial charge in [-0.3, -0.25) is 0 Å². The number of pyridine rings is 1. The van der Waals surface area contributed by atoms with Crippen molar-refractivity contribution in [3.8, 4) is 0 Å². The van der Waals surface area contributed by atoms with Crippen molar-refractivity contribution in [1.29, 1.82) is 0 Å². The molecule has 0 atom stereocenters. The Morgan fingerprint density at radius 3 is 3.00 bits per heavy atom. The number of aromatic nitrogens is 4. The Morgan fingerprint density at radius 1 is 1.28 bits per heavy atom. The van der Waals surface area contributed by atoms with E-state index in [2.05, 4.69) is 24.6 Å². The fraction of sp³-hybridized carbons (Fsp3) is 0.364. The van der Waals surface area contributed by atoms with E-state index < -0.39 is 0 Å². The van der Waals surface area contributed by atoms with Gasteiger partial charge in [0.15, 0.2) is 5.82 Å². The molecule has 0 spiro atoms. The third-order valence-electron chi connectivity index (χ3n) is 2.99. The molecule has 18 heavy (non-hydrogen) atoms. The molecule has 0 fully saturated rings. The highest BCUT2D eigenvalue weighted by Gasteiger charge is 2.19. The summed E-state index contributed by atoms with van der Waals surface area (Å²) >= 11 is 11.8. The Kier molecular flexibility index (Phi) is 3.09. The van der Waals surface area contributed by atoms with Crippen LogP contribution in [0.4, 0.5) is 5.82 Å². The molecule has 1 aliphatic rings. The highest BCUT2D eigenvalue weighted by molar-refractivity contribution is 6.32. The Balaban J connectivity index is 1.88. The van der Waals surface area contributed by atoms with Gasteiger partial charge in [-0.1, -0.05) is 11.6 Å². The molecule has 0 aliphatic carbocycles. The molecule has 0 unspecified atom stereocenters. The van der Waals surface area contributed by atoms with Crippen molar-refractivity contribution >= 4 is 29.0 Å². The molecule has 5 nitrogen and oxygen atoms in total. The maximum atomic E-state index is 6.01. The fourth-order valence-corrected chi connectivity index (χ4v) is 2.45. The Labute approximate surface area is 114 Å². The molecule has 2 aromatic rings. The minimum Gasteiger partial charge on any atom is -0.347 e. The predicted octanol–water partition coefficient (Wildman–Crippen LogP) is 2.09. The minimum atomic E-state index is 0.316. The van der Waals surface area contributed by atoms with Crippen LogP contribution in [0.3, 0.4) is 0 Å². The van der Waals surface area contributed by atoms with Crippen LogP contribution in [0, 0.1) is 0 Å². The zero-order chi connectivity index (χ0) is 12.5. The van der Waals surface area contributed by atoms with E-state index in [1.807, 2.05) is 12.1 Å². The van der Waals surface area contributed by atoms with Crippen LogP contribution >= 0.6 is 23.2 Å². The summed E-state index contributed by atoms with van der Waals surface area (Å²) in [5.74, 6) is 2.14. The van der Waals surface area contributed by atoms with Gasteiger partial charge in [-0.2, -0.15) is 0 Å². The van der Waals surface area contributed by atoms with Crippen LogP contribution in [0.2, 0.25) is 5.02 Å². The third kappa shape index (κ3) is 2.04. The fourth-order valence-electron chi connectivity index (χ4n) is 2.00. The number of hydrogen-bond acceptors (Lipinski definition) is 4. The molecule has 7 heteroatoms. The molecule has 0 radical (unpaired) electrons. The van der Waals surface area contributed by atoms with Crippen LogP contribution < -0.4 is 4.90 Å². The van der Waals surface area contributed by atoms with Crippen LogP contribution in [-0.4, -0.2) is 26.3 Å². The Hall–Kier alpha value is -1.33. The van der Waals surface area contributed by atoms with Crippen molar-refractivity contribution in [1.82, 2.24) is 19.7 Å². The maximum Gasteiger partial charge on any atom is 0.152 e. The van der Waals surface area contributed by atoms with Gasteiger partial charge in [0.2, 0.25) is 0 Å². The van der Waals surface area contributed by atoms with Gasteiger partial charge in [0, 0.05) is 13.1 Å². The SMILES string of the molecule is ClCc1nc(N2CCn3cnnc3C2)ccc1Cl. The number of hydrogen-bond donors (Lipinski definition) is 0. The summed E-state index contributed by atoms with van der Waals surface area (Å²) in [5, 5.41) is 8.59. The van der Waals surface area contributed by atoms with E-state index in [0.29, 0.717) is 23.1 Å². The summed E-state index contributed by atoms with van der Waals surface area (Å²) in [4.78, 5) is 6.63. The molecule has 3 heterocycles. The van der Waals surface area contributed by atoms with Gasteiger partial charge < -0.3 is 9.47 Å². The molecule has 0 bridgehead atoms. The van der Waals surface area contributed by atoms with Crippen LogP contribution in [-0.2, 0) is 19.0 Å². The second-order valence-corrected chi connectivity index (χ2v) is 4.77. The van der Waals surface area contributed by atoms with Crippen LogP contribution in [0.25, 0.3) is 0 Å². The van der Waals surface area contributed by atoms with Crippen LogP contribution in [0.15, 0.2) is 18.5 Å². The van der Waals surface area contributed by atoms with Gasteiger partial charge in [-0.25, -0.2) is 4.98 Å². The van der Waals surface area contributed by atoms with E-state index in [1.165, 1.54) is 0 Å². The van der Waals surface area contributed by atoms with Crippen molar-refractivity contribution in [3.63, 3.8) is 0 Å². The lowest BCUT2D eigenvalue weighted by molar-refractivity contribution is 0.556. The van der Waals surface area contributed by atoms with Crippen molar-refractivity contribution in [2.75, 3.05) is 11.4 Å². The molecule has 94 valence electrons. The zero-order valence-electron chi connectivity index (χ0n) is 9.55. The number of anilines is 1. The first-order valence-electron chi connectivity index (χ1n) is 5.61. The van der Waals surface area contributed by atoms with Crippen molar-refractivity contribution < 1.29 is 0 Å². The first-order valence-corrected chi connectivity index (χ1v) is 6.52. The van der Waals surface area contributed by atoms with Gasteiger partial charge in [-0.05, 0) is 12.1 Å². The lowest BCUT2D eigenvalue weighted by Gasteiger charge is -2.28. The summed E-state index contributed by atoms with van der Waals surface area (Å²) in [6, 6.07) is 3.74.